The predicted octanol–water partition coefficient (Wildman–Crippen LogP) is 5.20. The van der Waals surface area contributed by atoms with E-state index in [0.717, 1.165) is 16.7 Å². The zero-order valence-corrected chi connectivity index (χ0v) is 19.9. The molecule has 7 nitrogen and oxygen atoms in total. The summed E-state index contributed by atoms with van der Waals surface area (Å²) >= 11 is 1.25. The van der Waals surface area contributed by atoms with Crippen LogP contribution in [0.2, 0.25) is 0 Å². The number of nitrogens with zero attached hydrogens (tertiary/aromatic N) is 2. The van der Waals surface area contributed by atoms with Crippen LogP contribution < -0.4 is 9.64 Å². The number of thiazole rings is 1. The fourth-order valence-corrected chi connectivity index (χ4v) is 5.20. The lowest BCUT2D eigenvalue weighted by atomic mass is 9.95. The Labute approximate surface area is 205 Å². The zero-order valence-electron chi connectivity index (χ0n) is 19.1. The maximum atomic E-state index is 13.3. The molecule has 176 valence electrons. The summed E-state index contributed by atoms with van der Waals surface area (Å²) in [4.78, 5) is 32.5. The number of ketones is 1. The molecule has 1 fully saturated rings. The molecule has 2 heterocycles. The highest BCUT2D eigenvalue weighted by Crippen LogP contribution is 2.44. The molecule has 1 aromatic heterocycles. The number of fused-ring (bicyclic) bond motifs is 1. The molecule has 8 heteroatoms. The van der Waals surface area contributed by atoms with E-state index in [4.69, 9.17) is 4.74 Å². The van der Waals surface area contributed by atoms with Crippen LogP contribution in [0.15, 0.2) is 72.3 Å². The maximum absolute atomic E-state index is 13.3. The van der Waals surface area contributed by atoms with Crippen molar-refractivity contribution < 1.29 is 24.5 Å². The Balaban J connectivity index is 1.69. The van der Waals surface area contributed by atoms with Crippen molar-refractivity contribution in [2.75, 3.05) is 12.0 Å². The number of amides is 1. The van der Waals surface area contributed by atoms with E-state index in [9.17, 15) is 19.8 Å². The first-order chi connectivity index (χ1) is 16.9. The Morgan fingerprint density at radius 1 is 1.06 bits per heavy atom. The highest BCUT2D eigenvalue weighted by atomic mass is 32.1. The van der Waals surface area contributed by atoms with Crippen molar-refractivity contribution in [1.82, 2.24) is 4.98 Å². The minimum Gasteiger partial charge on any atom is -0.508 e. The second-order valence-corrected chi connectivity index (χ2v) is 9.15. The summed E-state index contributed by atoms with van der Waals surface area (Å²) in [5.41, 5.74) is 2.72. The fourth-order valence-electron chi connectivity index (χ4n) is 4.18. The fraction of sp³-hybridized carbons (Fsp3) is 0.148. The number of carbonyl (C=O) groups excluding carboxylic acids is 2. The van der Waals surface area contributed by atoms with Crippen molar-refractivity contribution in [3.8, 4) is 11.5 Å². The summed E-state index contributed by atoms with van der Waals surface area (Å²) in [5, 5.41) is 21.4. The van der Waals surface area contributed by atoms with Gasteiger partial charge in [0.1, 0.15) is 17.3 Å². The number of benzene rings is 3. The van der Waals surface area contributed by atoms with Gasteiger partial charge in [-0.25, -0.2) is 4.98 Å². The smallest absolute Gasteiger partial charge is 0.301 e. The highest BCUT2D eigenvalue weighted by Gasteiger charge is 2.48. The third-order valence-corrected chi connectivity index (χ3v) is 7.10. The molecular weight excluding hydrogens is 464 g/mol. The molecular formula is C27H22N2O5S. The number of carbonyl (C=O) groups is 2. The first-order valence-electron chi connectivity index (χ1n) is 11.0. The highest BCUT2D eigenvalue weighted by molar-refractivity contribution is 7.22. The van der Waals surface area contributed by atoms with E-state index in [1.807, 2.05) is 25.1 Å². The number of phenolic OH excluding ortho intramolecular Hbond substituents is 1. The van der Waals surface area contributed by atoms with E-state index >= 15 is 0 Å². The summed E-state index contributed by atoms with van der Waals surface area (Å²) in [6, 6.07) is 17.9. The monoisotopic (exact) mass is 486 g/mol. The van der Waals surface area contributed by atoms with Crippen molar-refractivity contribution in [1.29, 1.82) is 0 Å². The van der Waals surface area contributed by atoms with Gasteiger partial charge in [0.25, 0.3) is 5.78 Å². The Bertz CT molecular complexity index is 1470. The first kappa shape index (κ1) is 22.6. The second-order valence-electron chi connectivity index (χ2n) is 8.14. The average molecular weight is 487 g/mol. The maximum Gasteiger partial charge on any atom is 0.301 e. The molecule has 1 atom stereocenters. The molecule has 4 aromatic rings. The van der Waals surface area contributed by atoms with Gasteiger partial charge in [0.15, 0.2) is 5.13 Å². The molecule has 2 N–H and O–H groups in total. The van der Waals surface area contributed by atoms with Gasteiger partial charge in [0.05, 0.1) is 28.9 Å². The van der Waals surface area contributed by atoms with Crippen molar-refractivity contribution >= 4 is 44.1 Å². The lowest BCUT2D eigenvalue weighted by molar-refractivity contribution is -0.132. The van der Waals surface area contributed by atoms with Crippen LogP contribution in [-0.2, 0) is 16.0 Å². The lowest BCUT2D eigenvalue weighted by Gasteiger charge is -2.23. The third-order valence-electron chi connectivity index (χ3n) is 6.08. The van der Waals surface area contributed by atoms with Gasteiger partial charge in [0.2, 0.25) is 0 Å². The van der Waals surface area contributed by atoms with Gasteiger partial charge in [0, 0.05) is 5.56 Å². The molecule has 1 amide bonds. The molecule has 0 aliphatic carbocycles. The number of aliphatic hydroxyl groups is 1. The van der Waals surface area contributed by atoms with E-state index in [2.05, 4.69) is 4.98 Å². The third kappa shape index (κ3) is 3.91. The minimum atomic E-state index is -0.913. The summed E-state index contributed by atoms with van der Waals surface area (Å²) in [6.45, 7) is 2.03. The molecule has 1 aliphatic rings. The number of phenols is 1. The van der Waals surface area contributed by atoms with E-state index in [-0.39, 0.29) is 17.1 Å². The molecule has 3 aromatic carbocycles. The number of aryl methyl sites for hydroxylation is 1. The van der Waals surface area contributed by atoms with Crippen LogP contribution in [0.4, 0.5) is 5.13 Å². The van der Waals surface area contributed by atoms with E-state index in [1.165, 1.54) is 28.4 Å². The van der Waals surface area contributed by atoms with Gasteiger partial charge in [-0.15, -0.1) is 0 Å². The topological polar surface area (TPSA) is 100.0 Å². The van der Waals surface area contributed by atoms with Gasteiger partial charge >= 0.3 is 5.91 Å². The molecule has 0 radical (unpaired) electrons. The average Bonchev–Trinajstić information content (AvgIpc) is 3.41. The van der Waals surface area contributed by atoms with Crippen LogP contribution in [0, 0.1) is 0 Å². The zero-order chi connectivity index (χ0) is 24.7. The number of aromatic nitrogens is 1. The number of rotatable bonds is 5. The molecule has 1 unspecified atom stereocenters. The van der Waals surface area contributed by atoms with Crippen molar-refractivity contribution in [2.24, 2.45) is 0 Å². The van der Waals surface area contributed by atoms with Crippen LogP contribution in [0.5, 0.6) is 11.5 Å². The van der Waals surface area contributed by atoms with Crippen molar-refractivity contribution in [3.05, 3.63) is 89.0 Å². The normalized spacial score (nSPS) is 17.3. The van der Waals surface area contributed by atoms with Gasteiger partial charge in [-0.3, -0.25) is 14.5 Å². The molecule has 5 rings (SSSR count). The largest absolute Gasteiger partial charge is 0.508 e. The molecule has 0 saturated carbocycles. The number of aliphatic hydroxyl groups excluding tert-OH is 1. The number of hydrogen-bond donors (Lipinski definition) is 2. The van der Waals surface area contributed by atoms with Crippen LogP contribution in [-0.4, -0.2) is 34.0 Å². The van der Waals surface area contributed by atoms with Gasteiger partial charge in [-0.2, -0.15) is 0 Å². The Morgan fingerprint density at radius 2 is 1.77 bits per heavy atom. The first-order valence-corrected chi connectivity index (χ1v) is 11.9. The standard InChI is InChI=1S/C27H22N2O5S/c1-3-15-4-6-17(7-5-15)24(31)22-23(16-8-10-18(30)11-9-16)29(26(33)25(22)32)27-28-20-13-12-19(34-2)14-21(20)35-27/h4-14,23,30-31H,3H2,1-2H3/b24-22+. The van der Waals surface area contributed by atoms with Gasteiger partial charge < -0.3 is 14.9 Å². The predicted molar refractivity (Wildman–Crippen MR) is 135 cm³/mol. The number of ether oxygens (including phenoxy) is 1. The Kier molecular flexibility index (Phi) is 5.74. The number of Topliss-reactive ketones (excluding diaryl/α,β-unsaturated/α-hetero) is 1. The molecule has 35 heavy (non-hydrogen) atoms. The number of anilines is 1. The Morgan fingerprint density at radius 3 is 2.43 bits per heavy atom. The number of methoxy groups -OCH3 is 1. The Hall–Kier alpha value is -4.17. The summed E-state index contributed by atoms with van der Waals surface area (Å²) in [5.74, 6) is -1.12. The van der Waals surface area contributed by atoms with E-state index in [1.54, 1.807) is 43.5 Å². The van der Waals surface area contributed by atoms with Crippen molar-refractivity contribution in [3.63, 3.8) is 0 Å². The number of aromatic hydroxyl groups is 1. The van der Waals surface area contributed by atoms with Crippen LogP contribution in [0.1, 0.15) is 29.7 Å². The molecule has 0 bridgehead atoms. The molecule has 1 aliphatic heterocycles. The lowest BCUT2D eigenvalue weighted by Crippen LogP contribution is -2.29. The van der Waals surface area contributed by atoms with Crippen molar-refractivity contribution in [2.45, 2.75) is 19.4 Å². The van der Waals surface area contributed by atoms with Crippen LogP contribution in [0.3, 0.4) is 0 Å². The van der Waals surface area contributed by atoms with E-state index < -0.39 is 17.7 Å². The number of hydrogen-bond acceptors (Lipinski definition) is 7. The van der Waals surface area contributed by atoms with E-state index in [0.29, 0.717) is 27.5 Å². The summed E-state index contributed by atoms with van der Waals surface area (Å²) < 4.78 is 6.08. The quantitative estimate of drug-likeness (QED) is 0.229. The molecule has 1 saturated heterocycles. The van der Waals surface area contributed by atoms with Gasteiger partial charge in [-0.05, 0) is 47.9 Å². The summed E-state index contributed by atoms with van der Waals surface area (Å²) in [6.07, 6.45) is 0.835. The van der Waals surface area contributed by atoms with Gasteiger partial charge in [-0.1, -0.05) is 54.7 Å². The minimum absolute atomic E-state index is 0.0261. The van der Waals surface area contributed by atoms with Crippen LogP contribution in [0.25, 0.3) is 16.0 Å². The summed E-state index contributed by atoms with van der Waals surface area (Å²) in [7, 11) is 1.57. The van der Waals surface area contributed by atoms with Crippen LogP contribution >= 0.6 is 11.3 Å². The SMILES string of the molecule is CCc1ccc(/C(O)=C2\C(=O)C(=O)N(c3nc4ccc(OC)cc4s3)C2c2ccc(O)cc2)cc1. The second kappa shape index (κ2) is 8.88. The molecule has 0 spiro atoms.